The number of amidine groups is 1. The van der Waals surface area contributed by atoms with Crippen molar-refractivity contribution in [2.75, 3.05) is 18.5 Å². The predicted molar refractivity (Wildman–Crippen MR) is 159 cm³/mol. The number of aldehydes is 1. The van der Waals surface area contributed by atoms with Gasteiger partial charge in [0.15, 0.2) is 5.82 Å². The van der Waals surface area contributed by atoms with Gasteiger partial charge in [-0.3, -0.25) is 9.48 Å². The quantitative estimate of drug-likeness (QED) is 0.238. The number of aliphatic hydroxyl groups is 1. The van der Waals surface area contributed by atoms with Crippen molar-refractivity contribution in [2.24, 2.45) is 18.0 Å². The fourth-order valence-corrected chi connectivity index (χ4v) is 7.37. The summed E-state index contributed by atoms with van der Waals surface area (Å²) in [5, 5.41) is 19.4. The number of hydrogen-bond donors (Lipinski definition) is 2. The second kappa shape index (κ2) is 10.8. The zero-order chi connectivity index (χ0) is 28.9. The van der Waals surface area contributed by atoms with Crippen LogP contribution in [0.2, 0.25) is 0 Å². The van der Waals surface area contributed by atoms with Crippen LogP contribution in [0.5, 0.6) is 0 Å². The lowest BCUT2D eigenvalue weighted by molar-refractivity contribution is -0.111. The topological polar surface area (TPSA) is 122 Å². The third kappa shape index (κ3) is 5.33. The van der Waals surface area contributed by atoms with Gasteiger partial charge in [-0.15, -0.1) is 11.3 Å². The minimum Gasteiger partial charge on any atom is -0.386 e. The van der Waals surface area contributed by atoms with Crippen LogP contribution in [0.1, 0.15) is 72.8 Å². The minimum atomic E-state index is -1.22. The zero-order valence-corrected chi connectivity index (χ0v) is 24.5. The number of aryl methyl sites for hydroxylation is 1. The van der Waals surface area contributed by atoms with Crippen LogP contribution in [0.15, 0.2) is 36.0 Å². The summed E-state index contributed by atoms with van der Waals surface area (Å²) in [7, 11) is 1.76. The molecule has 11 heteroatoms. The van der Waals surface area contributed by atoms with Crippen LogP contribution < -0.4 is 5.32 Å². The van der Waals surface area contributed by atoms with Crippen molar-refractivity contribution in [1.82, 2.24) is 19.7 Å². The van der Waals surface area contributed by atoms with E-state index in [-0.39, 0.29) is 24.0 Å². The summed E-state index contributed by atoms with van der Waals surface area (Å²) < 4.78 is 8.25. The molecule has 41 heavy (non-hydrogen) atoms. The van der Waals surface area contributed by atoms with Gasteiger partial charge in [-0.25, -0.2) is 9.98 Å². The van der Waals surface area contributed by atoms with Gasteiger partial charge in [0.05, 0.1) is 45.8 Å². The Hall–Kier alpha value is -3.41. The van der Waals surface area contributed by atoms with E-state index in [0.717, 1.165) is 60.2 Å². The van der Waals surface area contributed by atoms with Crippen molar-refractivity contribution in [2.45, 2.75) is 69.6 Å². The lowest BCUT2D eigenvalue weighted by Gasteiger charge is -2.28. The average Bonchev–Trinajstić information content (AvgIpc) is 3.75. The van der Waals surface area contributed by atoms with E-state index < -0.39 is 5.60 Å². The van der Waals surface area contributed by atoms with Gasteiger partial charge in [0.1, 0.15) is 17.7 Å². The number of anilines is 1. The molecule has 1 aromatic carbocycles. The number of nitrogens with zero attached hydrogens (tertiary/aromatic N) is 5. The Labute approximate surface area is 243 Å². The highest BCUT2D eigenvalue weighted by Crippen LogP contribution is 2.41. The van der Waals surface area contributed by atoms with Gasteiger partial charge < -0.3 is 24.9 Å². The Morgan fingerprint density at radius 1 is 1.29 bits per heavy atom. The molecule has 2 aliphatic heterocycles. The maximum absolute atomic E-state index is 13.7. The Bertz CT molecular complexity index is 1530. The predicted octanol–water partition coefficient (Wildman–Crippen LogP) is 4.67. The van der Waals surface area contributed by atoms with E-state index in [1.165, 1.54) is 6.20 Å². The van der Waals surface area contributed by atoms with Crippen molar-refractivity contribution in [3.05, 3.63) is 47.1 Å². The number of hydrogen-bond acceptors (Lipinski definition) is 8. The highest BCUT2D eigenvalue weighted by atomic mass is 32.1. The Balaban J connectivity index is 1.30. The first-order chi connectivity index (χ1) is 19.6. The van der Waals surface area contributed by atoms with E-state index in [2.05, 4.69) is 21.9 Å². The van der Waals surface area contributed by atoms with Crippen LogP contribution in [0.4, 0.5) is 11.5 Å². The van der Waals surface area contributed by atoms with E-state index in [9.17, 15) is 14.7 Å². The second-order valence-corrected chi connectivity index (χ2v) is 12.9. The number of aromatic nitrogens is 3. The highest BCUT2D eigenvalue weighted by molar-refractivity contribution is 7.18. The molecule has 0 radical (unpaired) electrons. The van der Waals surface area contributed by atoms with Crippen LogP contribution in [-0.2, 0) is 22.2 Å². The highest BCUT2D eigenvalue weighted by Gasteiger charge is 2.40. The number of morpholine rings is 1. The molecule has 3 aliphatic rings. The van der Waals surface area contributed by atoms with Crippen LogP contribution >= 0.6 is 11.3 Å². The fraction of sp³-hybridized carbons (Fsp3) is 0.500. The Morgan fingerprint density at radius 3 is 2.71 bits per heavy atom. The second-order valence-electron chi connectivity index (χ2n) is 11.9. The molecule has 0 unspecified atom stereocenters. The summed E-state index contributed by atoms with van der Waals surface area (Å²) in [5.74, 6) is 1.22. The molecule has 216 valence electrons. The van der Waals surface area contributed by atoms with Crippen LogP contribution in [0.3, 0.4) is 0 Å². The minimum absolute atomic E-state index is 0.146. The molecule has 2 saturated heterocycles. The molecule has 2 bridgehead atoms. The molecular weight excluding hydrogens is 540 g/mol. The number of fused-ring (bicyclic) bond motifs is 3. The lowest BCUT2D eigenvalue weighted by atomic mass is 9.83. The van der Waals surface area contributed by atoms with Crippen molar-refractivity contribution in [3.8, 4) is 0 Å². The molecule has 2 atom stereocenters. The van der Waals surface area contributed by atoms with Gasteiger partial charge in [0, 0.05) is 36.7 Å². The Kier molecular flexibility index (Phi) is 7.29. The molecule has 2 N–H and O–H groups in total. The molecule has 1 aliphatic carbocycles. The number of likely N-dealkylation sites (tertiary alicyclic amines) is 1. The first-order valence-corrected chi connectivity index (χ1v) is 15.0. The van der Waals surface area contributed by atoms with Gasteiger partial charge in [-0.05, 0) is 64.2 Å². The number of thiazole rings is 1. The van der Waals surface area contributed by atoms with Crippen molar-refractivity contribution in [3.63, 3.8) is 0 Å². The molecular formula is C30H36N6O4S. The normalized spacial score (nSPS) is 24.7. The first kappa shape index (κ1) is 27.7. The number of ether oxygens (including phenoxy) is 1. The third-order valence-corrected chi connectivity index (χ3v) is 9.70. The summed E-state index contributed by atoms with van der Waals surface area (Å²) in [4.78, 5) is 36.8. The standard InChI is InChI=1S/C30H36N6O4S/c1-5-26(36-14-20-10-19(36)16-40-20)34-27-21(13-31-35(27)4)28(38)32-23-12-25-24(11-22(23)30(2,3)39)33-29(41-25)18-8-6-17(15-37)7-9-18/h5,11-13,15,17-20,39H,1,6-10,14,16H2,2-4H3,(H,32,38)/b34-26+/t17-,18-,19-,20-/m1/s1. The molecule has 2 aromatic heterocycles. The first-order valence-electron chi connectivity index (χ1n) is 14.2. The van der Waals surface area contributed by atoms with Crippen molar-refractivity contribution >= 4 is 51.1 Å². The van der Waals surface area contributed by atoms with E-state index in [1.54, 1.807) is 43.0 Å². The summed E-state index contributed by atoms with van der Waals surface area (Å²) >= 11 is 1.61. The van der Waals surface area contributed by atoms with Crippen molar-refractivity contribution in [1.29, 1.82) is 0 Å². The summed E-state index contributed by atoms with van der Waals surface area (Å²) in [6.45, 7) is 8.77. The van der Waals surface area contributed by atoms with Gasteiger partial charge in [-0.2, -0.15) is 5.10 Å². The van der Waals surface area contributed by atoms with Gasteiger partial charge in [0.25, 0.3) is 5.91 Å². The lowest BCUT2D eigenvalue weighted by Crippen LogP contribution is -2.40. The SMILES string of the molecule is C=C/C(=N\c1c(C(=O)Nc2cc3sc([C@H]4CC[C@H](C=O)CC4)nc3cc2C(C)(C)O)cnn1C)N1C[C@H]2C[C@@H]1CO2. The molecule has 3 fully saturated rings. The third-order valence-electron chi connectivity index (χ3n) is 8.51. The molecule has 3 aromatic rings. The largest absolute Gasteiger partial charge is 0.386 e. The average molecular weight is 577 g/mol. The van der Waals surface area contributed by atoms with E-state index >= 15 is 0 Å². The molecule has 0 spiro atoms. The summed E-state index contributed by atoms with van der Waals surface area (Å²) in [6.07, 6.45) is 9.11. The van der Waals surface area contributed by atoms with Gasteiger partial charge in [0.2, 0.25) is 0 Å². The van der Waals surface area contributed by atoms with Crippen LogP contribution in [-0.4, -0.2) is 68.1 Å². The number of carbonyl (C=O) groups is 2. The van der Waals surface area contributed by atoms with Gasteiger partial charge in [-0.1, -0.05) is 6.58 Å². The van der Waals surface area contributed by atoms with E-state index in [1.807, 2.05) is 12.1 Å². The van der Waals surface area contributed by atoms with Crippen LogP contribution in [0.25, 0.3) is 10.2 Å². The number of rotatable bonds is 7. The van der Waals surface area contributed by atoms with Gasteiger partial charge >= 0.3 is 0 Å². The molecule has 1 amide bonds. The number of benzene rings is 1. The number of carbonyl (C=O) groups excluding carboxylic acids is 2. The van der Waals surface area contributed by atoms with Crippen LogP contribution in [0, 0.1) is 5.92 Å². The summed E-state index contributed by atoms with van der Waals surface area (Å²) in [5.41, 5.74) is 1.00. The van der Waals surface area contributed by atoms with E-state index in [0.29, 0.717) is 41.0 Å². The molecule has 6 rings (SSSR count). The zero-order valence-electron chi connectivity index (χ0n) is 23.7. The molecule has 10 nitrogen and oxygen atoms in total. The number of amides is 1. The maximum Gasteiger partial charge on any atom is 0.261 e. The molecule has 1 saturated carbocycles. The number of nitrogens with one attached hydrogen (secondary N) is 1. The van der Waals surface area contributed by atoms with E-state index in [4.69, 9.17) is 14.7 Å². The Morgan fingerprint density at radius 2 is 2.07 bits per heavy atom. The fourth-order valence-electron chi connectivity index (χ4n) is 6.21. The summed E-state index contributed by atoms with van der Waals surface area (Å²) in [6, 6.07) is 4.02. The van der Waals surface area contributed by atoms with Crippen molar-refractivity contribution < 1.29 is 19.4 Å². The smallest absolute Gasteiger partial charge is 0.261 e. The molecule has 4 heterocycles. The number of aliphatic imine (C=N–C) groups is 1. The monoisotopic (exact) mass is 576 g/mol. The maximum atomic E-state index is 13.7.